The first-order valence-electron chi connectivity index (χ1n) is 6.91. The molecule has 2 heteroatoms. The topological polar surface area (TPSA) is 12.0 Å². The summed E-state index contributed by atoms with van der Waals surface area (Å²) >= 11 is 5.74. The highest BCUT2D eigenvalue weighted by Crippen LogP contribution is 2.24. The van der Waals surface area contributed by atoms with E-state index < -0.39 is 0 Å². The lowest BCUT2D eigenvalue weighted by atomic mass is 9.86. The van der Waals surface area contributed by atoms with Crippen molar-refractivity contribution in [3.05, 3.63) is 0 Å². The van der Waals surface area contributed by atoms with Crippen LogP contribution in [0.15, 0.2) is 0 Å². The van der Waals surface area contributed by atoms with E-state index in [1.165, 1.54) is 45.1 Å². The molecule has 1 rings (SSSR count). The Kier molecular flexibility index (Phi) is 6.75. The molecule has 1 N–H and O–H groups in total. The molecule has 1 fully saturated rings. The minimum absolute atomic E-state index is 0.406. The maximum absolute atomic E-state index is 5.74. The zero-order valence-corrected chi connectivity index (χ0v) is 11.8. The van der Waals surface area contributed by atoms with Gasteiger partial charge in [-0.25, -0.2) is 0 Å². The number of alkyl halides is 1. The molecule has 0 unspecified atom stereocenters. The summed E-state index contributed by atoms with van der Waals surface area (Å²) in [6.45, 7) is 7.05. The predicted octanol–water partition coefficient (Wildman–Crippen LogP) is 4.20. The average molecular weight is 246 g/mol. The van der Waals surface area contributed by atoms with E-state index in [0.29, 0.717) is 5.41 Å². The number of halogens is 1. The van der Waals surface area contributed by atoms with E-state index in [0.717, 1.165) is 24.8 Å². The van der Waals surface area contributed by atoms with Gasteiger partial charge in [0, 0.05) is 12.4 Å². The molecule has 96 valence electrons. The number of rotatable bonds is 7. The maximum atomic E-state index is 5.74. The molecular formula is C14H28ClN. The van der Waals surface area contributed by atoms with Crippen LogP contribution in [0.2, 0.25) is 0 Å². The Bertz CT molecular complexity index is 174. The third kappa shape index (κ3) is 6.10. The lowest BCUT2D eigenvalue weighted by Gasteiger charge is -2.27. The zero-order chi connectivity index (χ0) is 11.9. The molecule has 0 amide bonds. The standard InChI is InChI=1S/C14H28ClN/c1-14(2,9-6-10-15)12-16-11-13-7-4-3-5-8-13/h13,16H,3-12H2,1-2H3. The molecular weight excluding hydrogens is 218 g/mol. The first-order valence-corrected chi connectivity index (χ1v) is 7.44. The smallest absolute Gasteiger partial charge is 0.0223 e. The third-order valence-corrected chi connectivity index (χ3v) is 4.02. The highest BCUT2D eigenvalue weighted by atomic mass is 35.5. The molecule has 1 aliphatic carbocycles. The van der Waals surface area contributed by atoms with E-state index in [2.05, 4.69) is 19.2 Å². The lowest BCUT2D eigenvalue weighted by Crippen LogP contribution is -2.33. The van der Waals surface area contributed by atoms with Crippen LogP contribution in [0.5, 0.6) is 0 Å². The Morgan fingerprint density at radius 2 is 1.88 bits per heavy atom. The van der Waals surface area contributed by atoms with Gasteiger partial charge in [0.15, 0.2) is 0 Å². The fraction of sp³-hybridized carbons (Fsp3) is 1.00. The minimum atomic E-state index is 0.406. The Balaban J connectivity index is 2.08. The van der Waals surface area contributed by atoms with Crippen LogP contribution < -0.4 is 5.32 Å². The van der Waals surface area contributed by atoms with Gasteiger partial charge >= 0.3 is 0 Å². The fourth-order valence-corrected chi connectivity index (χ4v) is 2.77. The minimum Gasteiger partial charge on any atom is -0.316 e. The Morgan fingerprint density at radius 1 is 1.19 bits per heavy atom. The van der Waals surface area contributed by atoms with Gasteiger partial charge in [0.1, 0.15) is 0 Å². The maximum Gasteiger partial charge on any atom is 0.0223 e. The van der Waals surface area contributed by atoms with Gasteiger partial charge in [-0.15, -0.1) is 11.6 Å². The monoisotopic (exact) mass is 245 g/mol. The molecule has 1 aliphatic rings. The Hall–Kier alpha value is 0.250. The summed E-state index contributed by atoms with van der Waals surface area (Å²) in [4.78, 5) is 0. The summed E-state index contributed by atoms with van der Waals surface area (Å²) < 4.78 is 0. The van der Waals surface area contributed by atoms with Gasteiger partial charge in [-0.3, -0.25) is 0 Å². The van der Waals surface area contributed by atoms with Crippen molar-refractivity contribution in [2.24, 2.45) is 11.3 Å². The summed E-state index contributed by atoms with van der Waals surface area (Å²) in [5.41, 5.74) is 0.406. The molecule has 0 aliphatic heterocycles. The van der Waals surface area contributed by atoms with Crippen molar-refractivity contribution in [2.75, 3.05) is 19.0 Å². The van der Waals surface area contributed by atoms with Gasteiger partial charge in [0.25, 0.3) is 0 Å². The second kappa shape index (κ2) is 7.55. The largest absolute Gasteiger partial charge is 0.316 e. The van der Waals surface area contributed by atoms with Crippen LogP contribution >= 0.6 is 11.6 Å². The molecule has 0 spiro atoms. The van der Waals surface area contributed by atoms with Crippen molar-refractivity contribution in [1.29, 1.82) is 0 Å². The second-order valence-corrected chi connectivity index (χ2v) is 6.47. The van der Waals surface area contributed by atoms with Gasteiger partial charge in [-0.1, -0.05) is 33.1 Å². The number of hydrogen-bond donors (Lipinski definition) is 1. The van der Waals surface area contributed by atoms with Gasteiger partial charge in [0.05, 0.1) is 0 Å². The summed E-state index contributed by atoms with van der Waals surface area (Å²) in [6.07, 6.45) is 9.60. The van der Waals surface area contributed by atoms with Crippen molar-refractivity contribution >= 4 is 11.6 Å². The fourth-order valence-electron chi connectivity index (χ4n) is 2.64. The van der Waals surface area contributed by atoms with Gasteiger partial charge in [-0.05, 0) is 43.6 Å². The molecule has 0 heterocycles. The van der Waals surface area contributed by atoms with Crippen molar-refractivity contribution in [3.63, 3.8) is 0 Å². The van der Waals surface area contributed by atoms with Gasteiger partial charge in [-0.2, -0.15) is 0 Å². The Labute approximate surface area is 106 Å². The van der Waals surface area contributed by atoms with Crippen molar-refractivity contribution in [2.45, 2.75) is 58.8 Å². The van der Waals surface area contributed by atoms with Crippen molar-refractivity contribution in [3.8, 4) is 0 Å². The highest BCUT2D eigenvalue weighted by molar-refractivity contribution is 6.17. The molecule has 0 radical (unpaired) electrons. The molecule has 0 saturated heterocycles. The summed E-state index contributed by atoms with van der Waals surface area (Å²) in [6, 6.07) is 0. The van der Waals surface area contributed by atoms with Gasteiger partial charge < -0.3 is 5.32 Å². The van der Waals surface area contributed by atoms with Crippen LogP contribution in [0.1, 0.15) is 58.8 Å². The molecule has 0 atom stereocenters. The molecule has 0 aromatic heterocycles. The lowest BCUT2D eigenvalue weighted by molar-refractivity contribution is 0.281. The Morgan fingerprint density at radius 3 is 2.50 bits per heavy atom. The molecule has 0 aromatic rings. The van der Waals surface area contributed by atoms with E-state index in [4.69, 9.17) is 11.6 Å². The first-order chi connectivity index (χ1) is 7.64. The van der Waals surface area contributed by atoms with Crippen LogP contribution in [-0.4, -0.2) is 19.0 Å². The number of nitrogens with one attached hydrogen (secondary N) is 1. The molecule has 0 bridgehead atoms. The van der Waals surface area contributed by atoms with E-state index >= 15 is 0 Å². The first kappa shape index (κ1) is 14.3. The zero-order valence-electron chi connectivity index (χ0n) is 11.0. The SMILES string of the molecule is CC(C)(CCCCl)CNCC1CCCCC1. The quantitative estimate of drug-likeness (QED) is 0.663. The van der Waals surface area contributed by atoms with Crippen LogP contribution in [-0.2, 0) is 0 Å². The molecule has 0 aromatic carbocycles. The summed E-state index contributed by atoms with van der Waals surface area (Å²) in [5, 5.41) is 3.66. The number of hydrogen-bond acceptors (Lipinski definition) is 1. The summed E-state index contributed by atoms with van der Waals surface area (Å²) in [5.74, 6) is 1.74. The molecule has 1 saturated carbocycles. The highest BCUT2D eigenvalue weighted by Gasteiger charge is 2.18. The predicted molar refractivity (Wildman–Crippen MR) is 73.2 cm³/mol. The van der Waals surface area contributed by atoms with E-state index in [-0.39, 0.29) is 0 Å². The van der Waals surface area contributed by atoms with Crippen molar-refractivity contribution in [1.82, 2.24) is 5.32 Å². The third-order valence-electron chi connectivity index (χ3n) is 3.75. The van der Waals surface area contributed by atoms with Gasteiger partial charge in [0.2, 0.25) is 0 Å². The summed E-state index contributed by atoms with van der Waals surface area (Å²) in [7, 11) is 0. The molecule has 16 heavy (non-hydrogen) atoms. The van der Waals surface area contributed by atoms with E-state index in [9.17, 15) is 0 Å². The van der Waals surface area contributed by atoms with Crippen molar-refractivity contribution < 1.29 is 0 Å². The van der Waals surface area contributed by atoms with Crippen LogP contribution in [0, 0.1) is 11.3 Å². The molecule has 1 nitrogen and oxygen atoms in total. The normalized spacial score (nSPS) is 18.9. The van der Waals surface area contributed by atoms with E-state index in [1.807, 2.05) is 0 Å². The van der Waals surface area contributed by atoms with E-state index in [1.54, 1.807) is 0 Å². The average Bonchev–Trinajstić information content (AvgIpc) is 2.28. The van der Waals surface area contributed by atoms with Crippen LogP contribution in [0.4, 0.5) is 0 Å². The van der Waals surface area contributed by atoms with Crippen LogP contribution in [0.3, 0.4) is 0 Å². The van der Waals surface area contributed by atoms with Crippen LogP contribution in [0.25, 0.3) is 0 Å². The second-order valence-electron chi connectivity index (χ2n) is 6.09.